The number of nitrogens with zero attached hydrogens (tertiary/aromatic N) is 1. The van der Waals surface area contributed by atoms with Gasteiger partial charge < -0.3 is 9.84 Å². The summed E-state index contributed by atoms with van der Waals surface area (Å²) in [4.78, 5) is 2.25. The summed E-state index contributed by atoms with van der Waals surface area (Å²) in [5.41, 5.74) is 1.39. The Labute approximate surface area is 141 Å². The fourth-order valence-corrected chi connectivity index (χ4v) is 2.85. The van der Waals surface area contributed by atoms with Gasteiger partial charge in [0.15, 0.2) is 11.5 Å². The molecule has 0 fully saturated rings. The second-order valence-corrected chi connectivity index (χ2v) is 7.14. The largest absolute Gasteiger partial charge is 0.504 e. The van der Waals surface area contributed by atoms with Gasteiger partial charge in [0.05, 0.1) is 18.2 Å². The van der Waals surface area contributed by atoms with Crippen LogP contribution in [0.15, 0.2) is 52.5 Å². The minimum Gasteiger partial charge on any atom is -0.504 e. The van der Waals surface area contributed by atoms with Gasteiger partial charge in [-0.15, -0.1) is 0 Å². The molecule has 0 saturated carbocycles. The number of aromatic hydroxyl groups is 1. The first-order chi connectivity index (χ1) is 11.3. The zero-order valence-electron chi connectivity index (χ0n) is 13.7. The number of ether oxygens (including phenoxy) is 1. The first kappa shape index (κ1) is 17.8. The third kappa shape index (κ3) is 4.05. The lowest BCUT2D eigenvalue weighted by molar-refractivity contribution is 0.373. The highest BCUT2D eigenvalue weighted by Crippen LogP contribution is 2.28. The maximum Gasteiger partial charge on any atom is 0.276 e. The second-order valence-electron chi connectivity index (χ2n) is 5.47. The highest BCUT2D eigenvalue weighted by molar-refractivity contribution is 7.89. The Morgan fingerprint density at radius 3 is 2.42 bits per heavy atom. The van der Waals surface area contributed by atoms with Crippen molar-refractivity contribution in [2.24, 2.45) is 5.10 Å². The molecule has 0 bridgehead atoms. The fourth-order valence-electron chi connectivity index (χ4n) is 2.06. The molecule has 6 nitrogen and oxygen atoms in total. The van der Waals surface area contributed by atoms with E-state index in [0.29, 0.717) is 11.5 Å². The average Bonchev–Trinajstić information content (AvgIpc) is 2.56. The molecule has 2 N–H and O–H groups in total. The predicted molar refractivity (Wildman–Crippen MR) is 93.1 cm³/mol. The third-order valence-electron chi connectivity index (χ3n) is 3.48. The van der Waals surface area contributed by atoms with Gasteiger partial charge in [-0.3, -0.25) is 0 Å². The third-order valence-corrected chi connectivity index (χ3v) is 4.72. The topological polar surface area (TPSA) is 88.0 Å². The van der Waals surface area contributed by atoms with Crippen LogP contribution in [-0.4, -0.2) is 26.8 Å². The Morgan fingerprint density at radius 2 is 1.83 bits per heavy atom. The van der Waals surface area contributed by atoms with E-state index in [1.807, 2.05) is 13.8 Å². The normalized spacial score (nSPS) is 11.8. The summed E-state index contributed by atoms with van der Waals surface area (Å²) in [6.07, 6.45) is 1.22. The van der Waals surface area contributed by atoms with E-state index in [-0.39, 0.29) is 16.4 Å². The van der Waals surface area contributed by atoms with Crippen LogP contribution in [0.1, 0.15) is 30.9 Å². The van der Waals surface area contributed by atoms with Gasteiger partial charge in [0, 0.05) is 5.56 Å². The molecule has 0 amide bonds. The van der Waals surface area contributed by atoms with Gasteiger partial charge in [-0.25, -0.2) is 4.83 Å². The van der Waals surface area contributed by atoms with Crippen molar-refractivity contribution >= 4 is 16.2 Å². The van der Waals surface area contributed by atoms with Gasteiger partial charge in [0.1, 0.15) is 0 Å². The molecule has 0 saturated heterocycles. The van der Waals surface area contributed by atoms with Gasteiger partial charge in [-0.2, -0.15) is 13.5 Å². The fraction of sp³-hybridized carbons (Fsp3) is 0.235. The van der Waals surface area contributed by atoms with Crippen LogP contribution in [0.25, 0.3) is 0 Å². The Balaban J connectivity index is 2.15. The van der Waals surface area contributed by atoms with E-state index in [0.717, 1.165) is 5.56 Å². The Kier molecular flexibility index (Phi) is 5.46. The highest BCUT2D eigenvalue weighted by Gasteiger charge is 2.13. The molecule has 0 spiro atoms. The molecule has 7 heteroatoms. The molecule has 0 aliphatic carbocycles. The van der Waals surface area contributed by atoms with Gasteiger partial charge in [0.25, 0.3) is 10.0 Å². The number of methoxy groups -OCH3 is 1. The molecular formula is C17H20N2O4S. The maximum absolute atomic E-state index is 12.2. The summed E-state index contributed by atoms with van der Waals surface area (Å²) in [7, 11) is -2.33. The average molecular weight is 348 g/mol. The van der Waals surface area contributed by atoms with E-state index in [4.69, 9.17) is 4.74 Å². The van der Waals surface area contributed by atoms with Crippen molar-refractivity contribution in [2.75, 3.05) is 7.11 Å². The van der Waals surface area contributed by atoms with Gasteiger partial charge in [0.2, 0.25) is 0 Å². The maximum atomic E-state index is 12.2. The summed E-state index contributed by atoms with van der Waals surface area (Å²) in [6.45, 7) is 4.07. The summed E-state index contributed by atoms with van der Waals surface area (Å²) >= 11 is 0. The van der Waals surface area contributed by atoms with Crippen LogP contribution in [-0.2, 0) is 10.0 Å². The minimum absolute atomic E-state index is 0.107. The van der Waals surface area contributed by atoms with E-state index in [9.17, 15) is 13.5 Å². The molecule has 2 rings (SSSR count). The molecule has 0 unspecified atom stereocenters. The van der Waals surface area contributed by atoms with Gasteiger partial charge in [-0.05, 0) is 35.7 Å². The number of nitrogens with one attached hydrogen (secondary N) is 1. The van der Waals surface area contributed by atoms with Crippen molar-refractivity contribution in [1.82, 2.24) is 4.83 Å². The standard InChI is InChI=1S/C17H20N2O4S/c1-12(2)13-7-9-15(10-8-13)24(21,22)19-18-11-14-5-4-6-16(23-3)17(14)20/h4-12,19-20H,1-3H3/b18-11-. The van der Waals surface area contributed by atoms with Crippen LogP contribution >= 0.6 is 0 Å². The van der Waals surface area contributed by atoms with E-state index in [1.54, 1.807) is 30.3 Å². The summed E-state index contributed by atoms with van der Waals surface area (Å²) in [5.74, 6) is 0.499. The zero-order chi connectivity index (χ0) is 17.7. The van der Waals surface area contributed by atoms with Gasteiger partial charge in [-0.1, -0.05) is 32.0 Å². The van der Waals surface area contributed by atoms with Crippen molar-refractivity contribution in [3.05, 3.63) is 53.6 Å². The first-order valence-electron chi connectivity index (χ1n) is 7.36. The molecule has 2 aromatic carbocycles. The van der Waals surface area contributed by atoms with Crippen LogP contribution in [0.4, 0.5) is 0 Å². The number of para-hydroxylation sites is 1. The van der Waals surface area contributed by atoms with Crippen molar-refractivity contribution in [1.29, 1.82) is 0 Å². The Bertz CT molecular complexity index is 828. The van der Waals surface area contributed by atoms with Crippen LogP contribution < -0.4 is 9.57 Å². The second kappa shape index (κ2) is 7.35. The van der Waals surface area contributed by atoms with Crippen LogP contribution in [0, 0.1) is 0 Å². The van der Waals surface area contributed by atoms with Gasteiger partial charge >= 0.3 is 0 Å². The zero-order valence-corrected chi connectivity index (χ0v) is 14.5. The molecule has 0 aliphatic rings. The number of hydrogen-bond donors (Lipinski definition) is 2. The van der Waals surface area contributed by atoms with E-state index < -0.39 is 10.0 Å². The summed E-state index contributed by atoms with van der Waals surface area (Å²) in [6, 6.07) is 11.5. The number of phenols is 1. The smallest absolute Gasteiger partial charge is 0.276 e. The van der Waals surface area contributed by atoms with Crippen molar-refractivity contribution < 1.29 is 18.3 Å². The van der Waals surface area contributed by atoms with E-state index >= 15 is 0 Å². The summed E-state index contributed by atoms with van der Waals surface area (Å²) < 4.78 is 29.4. The first-order valence-corrected chi connectivity index (χ1v) is 8.84. The molecule has 0 aromatic heterocycles. The number of sulfonamides is 1. The SMILES string of the molecule is COc1cccc(/C=N\NS(=O)(=O)c2ccc(C(C)C)cc2)c1O. The lowest BCUT2D eigenvalue weighted by Crippen LogP contribution is -2.18. The predicted octanol–water partition coefficient (Wildman–Crippen LogP) is 2.84. The Hall–Kier alpha value is -2.54. The Morgan fingerprint density at radius 1 is 1.17 bits per heavy atom. The molecule has 0 atom stereocenters. The quantitative estimate of drug-likeness (QED) is 0.621. The molecule has 128 valence electrons. The highest BCUT2D eigenvalue weighted by atomic mass is 32.2. The lowest BCUT2D eigenvalue weighted by atomic mass is 10.0. The van der Waals surface area contributed by atoms with Crippen molar-refractivity contribution in [3.63, 3.8) is 0 Å². The van der Waals surface area contributed by atoms with E-state index in [1.165, 1.54) is 25.5 Å². The monoisotopic (exact) mass is 348 g/mol. The number of benzene rings is 2. The number of hydrazone groups is 1. The molecule has 24 heavy (non-hydrogen) atoms. The minimum atomic E-state index is -3.76. The van der Waals surface area contributed by atoms with Crippen LogP contribution in [0.3, 0.4) is 0 Å². The number of phenolic OH excluding ortho intramolecular Hbond substituents is 1. The van der Waals surface area contributed by atoms with Crippen molar-refractivity contribution in [2.45, 2.75) is 24.7 Å². The van der Waals surface area contributed by atoms with Crippen LogP contribution in [0.2, 0.25) is 0 Å². The summed E-state index contributed by atoms with van der Waals surface area (Å²) in [5, 5.41) is 13.6. The molecule has 0 radical (unpaired) electrons. The van der Waals surface area contributed by atoms with Crippen molar-refractivity contribution in [3.8, 4) is 11.5 Å². The molecular weight excluding hydrogens is 328 g/mol. The molecule has 2 aromatic rings. The van der Waals surface area contributed by atoms with E-state index in [2.05, 4.69) is 9.93 Å². The number of hydrogen-bond acceptors (Lipinski definition) is 5. The van der Waals surface area contributed by atoms with Crippen LogP contribution in [0.5, 0.6) is 11.5 Å². The molecule has 0 aliphatic heterocycles. The lowest BCUT2D eigenvalue weighted by Gasteiger charge is -2.08. The number of rotatable bonds is 6. The molecule has 0 heterocycles.